The number of ether oxygens (including phenoxy) is 2. The summed E-state index contributed by atoms with van der Waals surface area (Å²) in [7, 11) is 1.49. The maximum Gasteiger partial charge on any atom is 0.472 e. The minimum atomic E-state index is -4.35. The van der Waals surface area contributed by atoms with Crippen LogP contribution in [0.5, 0.6) is 0 Å². The summed E-state index contributed by atoms with van der Waals surface area (Å²) in [6.45, 7) is 4.38. The predicted molar refractivity (Wildman–Crippen MR) is 206 cm³/mol. The first kappa shape index (κ1) is 49.0. The number of phosphoric acid groups is 1. The van der Waals surface area contributed by atoms with E-state index in [2.05, 4.69) is 13.8 Å². The van der Waals surface area contributed by atoms with Crippen molar-refractivity contribution >= 4 is 19.8 Å². The normalized spacial score (nSPS) is 13.6. The lowest BCUT2D eigenvalue weighted by Gasteiger charge is -2.24. The highest BCUT2D eigenvalue weighted by Crippen LogP contribution is 2.43. The van der Waals surface area contributed by atoms with E-state index < -0.39 is 26.5 Å². The highest BCUT2D eigenvalue weighted by molar-refractivity contribution is 7.47. The Bertz CT molecular complexity index is 835. The topological polar surface area (TPSA) is 108 Å². The van der Waals surface area contributed by atoms with Crippen molar-refractivity contribution < 1.29 is 42.1 Å². The van der Waals surface area contributed by atoms with Gasteiger partial charge in [-0.25, -0.2) is 4.57 Å². The van der Waals surface area contributed by atoms with E-state index in [-0.39, 0.29) is 25.6 Å². The monoisotopic (exact) mass is 735 g/mol. The zero-order chi connectivity index (χ0) is 37.2. The molecule has 0 aliphatic rings. The Kier molecular flexibility index (Phi) is 33.2. The molecular weight excluding hydrogens is 653 g/mol. The summed E-state index contributed by atoms with van der Waals surface area (Å²) in [6.07, 6.45) is 31.8. The van der Waals surface area contributed by atoms with Crippen LogP contribution in [0.25, 0.3) is 0 Å². The maximum atomic E-state index is 12.6. The largest absolute Gasteiger partial charge is 0.472 e. The number of rotatable bonds is 38. The van der Waals surface area contributed by atoms with Gasteiger partial charge in [-0.1, -0.05) is 168 Å². The van der Waals surface area contributed by atoms with E-state index in [0.29, 0.717) is 17.4 Å². The zero-order valence-electron chi connectivity index (χ0n) is 33.4. The third-order valence-corrected chi connectivity index (χ3v) is 10.1. The van der Waals surface area contributed by atoms with E-state index in [1.54, 1.807) is 0 Å². The highest BCUT2D eigenvalue weighted by Gasteiger charge is 2.27. The van der Waals surface area contributed by atoms with Crippen molar-refractivity contribution in [3.8, 4) is 0 Å². The van der Waals surface area contributed by atoms with Crippen LogP contribution in [0.15, 0.2) is 0 Å². The number of esters is 2. The second-order valence-corrected chi connectivity index (χ2v) is 16.8. The van der Waals surface area contributed by atoms with Crippen molar-refractivity contribution in [3.05, 3.63) is 0 Å². The van der Waals surface area contributed by atoms with Crippen LogP contribution < -0.4 is 0 Å². The Balaban J connectivity index is 4.16. The quantitative estimate of drug-likeness (QED) is 0.0289. The average Bonchev–Trinajstić information content (AvgIpc) is 3.06. The third kappa shape index (κ3) is 36.8. The summed E-state index contributed by atoms with van der Waals surface area (Å²) in [5.41, 5.74) is 0. The molecular formula is C40H81NO8P+. The smallest absolute Gasteiger partial charge is 0.462 e. The van der Waals surface area contributed by atoms with Crippen LogP contribution in [-0.2, 0) is 32.7 Å². The van der Waals surface area contributed by atoms with Gasteiger partial charge in [0.2, 0.25) is 0 Å². The first-order chi connectivity index (χ1) is 24.0. The van der Waals surface area contributed by atoms with E-state index >= 15 is 0 Å². The third-order valence-electron chi connectivity index (χ3n) is 9.14. The molecule has 298 valence electrons. The molecule has 0 saturated carbocycles. The second kappa shape index (κ2) is 33.8. The molecule has 2 unspecified atom stereocenters. The highest BCUT2D eigenvalue weighted by atomic mass is 31.2. The molecule has 0 aromatic heterocycles. The van der Waals surface area contributed by atoms with Gasteiger partial charge in [-0.3, -0.25) is 18.6 Å². The van der Waals surface area contributed by atoms with Crippen LogP contribution in [-0.4, -0.2) is 74.9 Å². The molecule has 0 rings (SSSR count). The number of unbranched alkanes of at least 4 members (excludes halogenated alkanes) is 24. The number of nitrogens with zero attached hydrogens (tertiary/aromatic N) is 1. The van der Waals surface area contributed by atoms with Gasteiger partial charge in [-0.05, 0) is 12.8 Å². The minimum Gasteiger partial charge on any atom is -0.462 e. The van der Waals surface area contributed by atoms with Gasteiger partial charge in [0.1, 0.15) is 19.8 Å². The second-order valence-electron chi connectivity index (χ2n) is 15.4. The molecule has 0 saturated heterocycles. The molecule has 0 aliphatic carbocycles. The summed E-state index contributed by atoms with van der Waals surface area (Å²) in [4.78, 5) is 35.0. The van der Waals surface area contributed by atoms with Crippen molar-refractivity contribution in [1.82, 2.24) is 0 Å². The molecule has 50 heavy (non-hydrogen) atoms. The Hall–Kier alpha value is -0.990. The minimum absolute atomic E-state index is 0.0361. The molecule has 9 nitrogen and oxygen atoms in total. The van der Waals surface area contributed by atoms with Crippen molar-refractivity contribution in [1.29, 1.82) is 0 Å². The number of carbonyl (C=O) groups is 2. The summed E-state index contributed by atoms with van der Waals surface area (Å²) < 4.78 is 34.1. The molecule has 0 radical (unpaired) electrons. The van der Waals surface area contributed by atoms with E-state index in [0.717, 1.165) is 38.5 Å². The molecule has 0 bridgehead atoms. The number of phosphoric ester groups is 1. The van der Waals surface area contributed by atoms with Crippen LogP contribution >= 0.6 is 7.82 Å². The van der Waals surface area contributed by atoms with Gasteiger partial charge in [0.25, 0.3) is 0 Å². The number of hydrogen-bond donors (Lipinski definition) is 1. The molecule has 0 aromatic carbocycles. The van der Waals surface area contributed by atoms with Gasteiger partial charge >= 0.3 is 19.8 Å². The molecule has 0 spiro atoms. The van der Waals surface area contributed by atoms with Gasteiger partial charge in [0.05, 0.1) is 27.7 Å². The fourth-order valence-corrected chi connectivity index (χ4v) is 6.58. The van der Waals surface area contributed by atoms with Gasteiger partial charge in [-0.15, -0.1) is 0 Å². The number of carbonyl (C=O) groups excluding carboxylic acids is 2. The molecule has 0 fully saturated rings. The van der Waals surface area contributed by atoms with E-state index in [9.17, 15) is 19.0 Å². The number of likely N-dealkylation sites (N-methyl/N-ethyl adjacent to an activating group) is 1. The summed E-state index contributed by atoms with van der Waals surface area (Å²) in [6, 6.07) is 0. The average molecular weight is 735 g/mol. The van der Waals surface area contributed by atoms with Gasteiger partial charge in [0, 0.05) is 12.8 Å². The fraction of sp³-hybridized carbons (Fsp3) is 0.950. The molecule has 0 amide bonds. The molecule has 1 N–H and O–H groups in total. The van der Waals surface area contributed by atoms with E-state index in [1.165, 1.54) is 128 Å². The van der Waals surface area contributed by atoms with Crippen molar-refractivity contribution in [2.75, 3.05) is 47.5 Å². The maximum absolute atomic E-state index is 12.6. The lowest BCUT2D eigenvalue weighted by atomic mass is 10.0. The summed E-state index contributed by atoms with van der Waals surface area (Å²) >= 11 is 0. The van der Waals surface area contributed by atoms with Crippen molar-refractivity contribution in [2.45, 2.75) is 200 Å². The molecule has 2 atom stereocenters. The van der Waals surface area contributed by atoms with E-state index in [4.69, 9.17) is 18.5 Å². The first-order valence-corrected chi connectivity index (χ1v) is 22.3. The summed E-state index contributed by atoms with van der Waals surface area (Å²) in [5, 5.41) is 0. The van der Waals surface area contributed by atoms with Gasteiger partial charge < -0.3 is 18.9 Å². The molecule has 0 aliphatic heterocycles. The van der Waals surface area contributed by atoms with Crippen molar-refractivity contribution in [2.24, 2.45) is 0 Å². The Morgan fingerprint density at radius 2 is 0.900 bits per heavy atom. The first-order valence-electron chi connectivity index (χ1n) is 20.8. The van der Waals surface area contributed by atoms with E-state index in [1.807, 2.05) is 21.1 Å². The van der Waals surface area contributed by atoms with Crippen LogP contribution in [0.3, 0.4) is 0 Å². The predicted octanol–water partition coefficient (Wildman–Crippen LogP) is 11.2. The Morgan fingerprint density at radius 1 is 0.540 bits per heavy atom. The number of quaternary nitrogens is 1. The molecule has 0 heterocycles. The van der Waals surface area contributed by atoms with Crippen LogP contribution in [0.1, 0.15) is 194 Å². The van der Waals surface area contributed by atoms with Gasteiger partial charge in [0.15, 0.2) is 6.10 Å². The fourth-order valence-electron chi connectivity index (χ4n) is 5.84. The summed E-state index contributed by atoms with van der Waals surface area (Å²) in [5.74, 6) is -0.797. The Morgan fingerprint density at radius 3 is 1.28 bits per heavy atom. The lowest BCUT2D eigenvalue weighted by Crippen LogP contribution is -2.37. The van der Waals surface area contributed by atoms with Crippen molar-refractivity contribution in [3.63, 3.8) is 0 Å². The molecule has 10 heteroatoms. The zero-order valence-corrected chi connectivity index (χ0v) is 34.3. The lowest BCUT2D eigenvalue weighted by molar-refractivity contribution is -0.870. The van der Waals surface area contributed by atoms with Crippen LogP contribution in [0, 0.1) is 0 Å². The van der Waals surface area contributed by atoms with Gasteiger partial charge in [-0.2, -0.15) is 0 Å². The standard InChI is InChI=1S/C40H80NO8P/c1-6-8-10-12-14-15-16-17-18-19-20-21-22-23-24-25-26-27-29-31-33-40(43)49-38(36-46-39(42)32-30-28-13-11-9-7-2)37-48-50(44,45)47-35-34-41(3,4)5/h38H,6-37H2,1-5H3/p+1. The number of hydrogen-bond acceptors (Lipinski definition) is 7. The van der Waals surface area contributed by atoms with Crippen LogP contribution in [0.4, 0.5) is 0 Å². The molecule has 0 aromatic rings. The Labute approximate surface area is 308 Å². The van der Waals surface area contributed by atoms with Crippen LogP contribution in [0.2, 0.25) is 0 Å². The SMILES string of the molecule is CCCCCCCCCCCCCCCCCCCCCCC(=O)OC(COC(=O)CCCCCCCC)COP(=O)(O)OCC[N+](C)(C)C.